The van der Waals surface area contributed by atoms with Crippen LogP contribution in [0.25, 0.3) is 88.0 Å². The van der Waals surface area contributed by atoms with Gasteiger partial charge in [-0.05, 0) is 78.2 Å². The van der Waals surface area contributed by atoms with Crippen molar-refractivity contribution in [3.8, 4) is 44.5 Å². The predicted molar refractivity (Wildman–Crippen MR) is 256 cm³/mol. The largest absolute Gasteiger partial charge is 0.456 e. The summed E-state index contributed by atoms with van der Waals surface area (Å²) in [5.74, 6) is 0. The molecule has 0 N–H and O–H groups in total. The molecule has 1 nitrogen and oxygen atoms in total. The standard InChI is InChI=1S/C44H36B8O/c45-37-33-31(25-12-5-4-11-24(25)23-19-17-22(18-20-23)21-9-2-1-3-10-21)34-36(40(48)44(52)42(50)38(34)46)32(35(33)39(47)43(51)41(37)49)27-14-8-16-29-30(27)26-13-6-7-15-28(26)53-29/h1-20H,45-52H2. The Balaban J connectivity index is 1.49. The van der Waals surface area contributed by atoms with Gasteiger partial charge in [0.1, 0.15) is 73.9 Å². The number of benzene rings is 8. The lowest BCUT2D eigenvalue weighted by Gasteiger charge is -2.29. The minimum absolute atomic E-state index is 0.923. The van der Waals surface area contributed by atoms with Gasteiger partial charge < -0.3 is 4.42 Å². The second kappa shape index (κ2) is 12.6. The first-order valence-electron chi connectivity index (χ1n) is 18.8. The molecule has 0 saturated heterocycles. The van der Waals surface area contributed by atoms with Crippen LogP contribution < -0.4 is 43.7 Å². The van der Waals surface area contributed by atoms with Crippen LogP contribution in [0.4, 0.5) is 0 Å². The summed E-state index contributed by atoms with van der Waals surface area (Å²) >= 11 is 0. The van der Waals surface area contributed by atoms with E-state index >= 15 is 0 Å². The van der Waals surface area contributed by atoms with Crippen LogP contribution in [0.3, 0.4) is 0 Å². The fraction of sp³-hybridized carbons (Fsp3) is 0. The van der Waals surface area contributed by atoms with Gasteiger partial charge in [-0.2, -0.15) is 0 Å². The van der Waals surface area contributed by atoms with Gasteiger partial charge in [-0.1, -0.05) is 131 Å². The van der Waals surface area contributed by atoms with Crippen LogP contribution in [0.1, 0.15) is 0 Å². The molecule has 0 spiro atoms. The SMILES string of the molecule is Bc1c(B)c(B)c2c(-c3cccc4oc5ccccc5c34)c3c(B)c(B)c(B)c(B)c3c(-c3ccccc3-c3ccc(-c4ccccc4)cc3)c2c1B. The third-order valence-corrected chi connectivity index (χ3v) is 12.5. The van der Waals surface area contributed by atoms with Crippen LogP contribution >= 0.6 is 0 Å². The maximum atomic E-state index is 6.53. The first kappa shape index (κ1) is 33.4. The van der Waals surface area contributed by atoms with E-state index in [1.807, 2.05) is 0 Å². The molecule has 0 aliphatic heterocycles. The quantitative estimate of drug-likeness (QED) is 0.167. The molecule has 0 bridgehead atoms. The first-order valence-corrected chi connectivity index (χ1v) is 18.8. The minimum Gasteiger partial charge on any atom is -0.456 e. The Kier molecular flexibility index (Phi) is 7.97. The molecule has 1 heterocycles. The van der Waals surface area contributed by atoms with E-state index in [4.69, 9.17) is 4.42 Å². The lowest BCUT2D eigenvalue weighted by Crippen LogP contribution is -2.50. The Labute approximate surface area is 318 Å². The zero-order valence-corrected chi connectivity index (χ0v) is 32.0. The van der Waals surface area contributed by atoms with Crippen molar-refractivity contribution in [3.05, 3.63) is 121 Å². The molecule has 53 heavy (non-hydrogen) atoms. The van der Waals surface area contributed by atoms with Crippen molar-refractivity contribution in [1.29, 1.82) is 0 Å². The van der Waals surface area contributed by atoms with Crippen LogP contribution in [0.2, 0.25) is 0 Å². The highest BCUT2D eigenvalue weighted by molar-refractivity contribution is 6.71. The average molecular weight is 667 g/mol. The monoisotopic (exact) mass is 668 g/mol. The fourth-order valence-electron chi connectivity index (χ4n) is 9.07. The Morgan fingerprint density at radius 3 is 1.28 bits per heavy atom. The molecule has 0 saturated carbocycles. The molecule has 0 aliphatic carbocycles. The number of hydrogen-bond donors (Lipinski definition) is 0. The molecule has 9 aromatic rings. The van der Waals surface area contributed by atoms with Gasteiger partial charge in [0, 0.05) is 10.8 Å². The molecule has 0 radical (unpaired) electrons. The van der Waals surface area contributed by atoms with E-state index in [0.29, 0.717) is 0 Å². The van der Waals surface area contributed by atoms with Crippen LogP contribution in [-0.2, 0) is 0 Å². The minimum atomic E-state index is 0.923. The summed E-state index contributed by atoms with van der Waals surface area (Å²) < 4.78 is 6.53. The van der Waals surface area contributed by atoms with E-state index in [0.717, 1.165) is 16.6 Å². The van der Waals surface area contributed by atoms with E-state index in [2.05, 4.69) is 184 Å². The second-order valence-corrected chi connectivity index (χ2v) is 15.0. The summed E-state index contributed by atoms with van der Waals surface area (Å²) in [6.45, 7) is 0. The van der Waals surface area contributed by atoms with E-state index in [-0.39, 0.29) is 0 Å². The average Bonchev–Trinajstić information content (AvgIpc) is 3.59. The Morgan fingerprint density at radius 1 is 0.283 bits per heavy atom. The molecule has 9 rings (SSSR count). The van der Waals surface area contributed by atoms with Crippen molar-refractivity contribution < 1.29 is 4.42 Å². The van der Waals surface area contributed by atoms with Crippen molar-refractivity contribution in [2.24, 2.45) is 0 Å². The van der Waals surface area contributed by atoms with Gasteiger partial charge in [0.25, 0.3) is 0 Å². The van der Waals surface area contributed by atoms with Gasteiger partial charge in [0.15, 0.2) is 0 Å². The topological polar surface area (TPSA) is 13.1 Å². The number of para-hydroxylation sites is 1. The number of hydrogen-bond acceptors (Lipinski definition) is 1. The molecule has 8 aromatic carbocycles. The smallest absolute Gasteiger partial charge is 0.139 e. The zero-order valence-electron chi connectivity index (χ0n) is 32.0. The summed E-state index contributed by atoms with van der Waals surface area (Å²) in [6, 6.07) is 44.0. The predicted octanol–water partition coefficient (Wildman–Crippen LogP) is -1.37. The van der Waals surface area contributed by atoms with Gasteiger partial charge >= 0.3 is 0 Å². The maximum absolute atomic E-state index is 6.53. The number of furan rings is 1. The van der Waals surface area contributed by atoms with Gasteiger partial charge in [0.2, 0.25) is 0 Å². The van der Waals surface area contributed by atoms with E-state index in [1.165, 1.54) is 115 Å². The van der Waals surface area contributed by atoms with Crippen LogP contribution in [-0.4, -0.2) is 62.8 Å². The third-order valence-electron chi connectivity index (χ3n) is 12.5. The molecule has 9 heteroatoms. The molecular weight excluding hydrogens is 631 g/mol. The van der Waals surface area contributed by atoms with E-state index < -0.39 is 0 Å². The number of fused-ring (bicyclic) bond motifs is 5. The van der Waals surface area contributed by atoms with Crippen LogP contribution in [0.15, 0.2) is 126 Å². The van der Waals surface area contributed by atoms with Crippen molar-refractivity contribution in [2.75, 3.05) is 0 Å². The van der Waals surface area contributed by atoms with Crippen molar-refractivity contribution >= 4 is 150 Å². The Morgan fingerprint density at radius 2 is 0.698 bits per heavy atom. The van der Waals surface area contributed by atoms with Gasteiger partial charge in [-0.15, -0.1) is 21.9 Å². The maximum Gasteiger partial charge on any atom is 0.139 e. The van der Waals surface area contributed by atoms with Crippen LogP contribution in [0, 0.1) is 0 Å². The summed E-state index contributed by atoms with van der Waals surface area (Å²) in [5.41, 5.74) is 22.7. The highest BCUT2D eigenvalue weighted by Gasteiger charge is 2.27. The first-order chi connectivity index (χ1) is 25.7. The van der Waals surface area contributed by atoms with Gasteiger partial charge in [-0.3, -0.25) is 0 Å². The van der Waals surface area contributed by atoms with Crippen LogP contribution in [0.5, 0.6) is 0 Å². The summed E-state index contributed by atoms with van der Waals surface area (Å²) in [7, 11) is 18.6. The summed E-state index contributed by atoms with van der Waals surface area (Å²) in [6.07, 6.45) is 0. The lowest BCUT2D eigenvalue weighted by atomic mass is 9.59. The molecule has 0 atom stereocenters. The molecule has 0 unspecified atom stereocenters. The highest BCUT2D eigenvalue weighted by Crippen LogP contribution is 2.46. The Hall–Kier alpha value is -5.40. The fourth-order valence-corrected chi connectivity index (χ4v) is 9.07. The van der Waals surface area contributed by atoms with Gasteiger partial charge in [-0.25, -0.2) is 0 Å². The van der Waals surface area contributed by atoms with E-state index in [1.54, 1.807) is 0 Å². The van der Waals surface area contributed by atoms with Crippen molar-refractivity contribution in [2.45, 2.75) is 0 Å². The lowest BCUT2D eigenvalue weighted by molar-refractivity contribution is 0.669. The normalized spacial score (nSPS) is 11.6. The van der Waals surface area contributed by atoms with Crippen molar-refractivity contribution in [3.63, 3.8) is 0 Å². The second-order valence-electron chi connectivity index (χ2n) is 15.0. The third kappa shape index (κ3) is 4.97. The van der Waals surface area contributed by atoms with Crippen molar-refractivity contribution in [1.82, 2.24) is 0 Å². The molecule has 0 fully saturated rings. The molecule has 0 amide bonds. The van der Waals surface area contributed by atoms with E-state index in [9.17, 15) is 0 Å². The Bertz CT molecular complexity index is 2890. The van der Waals surface area contributed by atoms with Gasteiger partial charge in [0.05, 0.1) is 0 Å². The molecule has 242 valence electrons. The highest BCUT2D eigenvalue weighted by atomic mass is 16.3. The summed E-state index contributed by atoms with van der Waals surface area (Å²) in [5, 5.41) is 7.71. The zero-order chi connectivity index (χ0) is 36.7. The number of rotatable bonds is 4. The molecule has 0 aliphatic rings. The summed E-state index contributed by atoms with van der Waals surface area (Å²) in [4.78, 5) is 0. The molecular formula is C44H36B8O. The molecule has 1 aromatic heterocycles.